The molecule has 0 saturated heterocycles. The monoisotopic (exact) mass is 953 g/mol. The molecule has 0 saturated carbocycles. The van der Waals surface area contributed by atoms with Gasteiger partial charge in [0.1, 0.15) is 5.82 Å². The van der Waals surface area contributed by atoms with E-state index in [2.05, 4.69) is 55.1 Å². The summed E-state index contributed by atoms with van der Waals surface area (Å²) in [6, 6.07) is 33.7. The molecule has 6 heteroatoms. The van der Waals surface area contributed by atoms with Crippen LogP contribution in [0.15, 0.2) is 170 Å². The zero-order valence-electron chi connectivity index (χ0n) is 42.2. The van der Waals surface area contributed by atoms with Crippen LogP contribution in [0.3, 0.4) is 0 Å². The number of fused-ring (bicyclic) bond motifs is 4. The standard InChI is InChI=1S/C53H40N4O.Pt/c1-36(2)31-38-29-30-54-51(32-38)57-48-25-11-10-22-46(48)47-28-27-43(34-50(47)57)58-42-21-13-20-41(33-42)55-35-56(52-37(3)15-12-26-49(52)55)53-44(39-16-6-4-7-17-39)23-14-24-45(53)40-18-8-5-9-19-40;/h4-30,32,36H,31H2,1-3H3;/q-2;/i4D,5D,6D,7D,8D,9D,16D,17D,18D,19D;. The molecule has 10 rings (SSSR count). The Morgan fingerprint density at radius 3 is 2.14 bits per heavy atom. The van der Waals surface area contributed by atoms with Gasteiger partial charge in [-0.1, -0.05) is 134 Å². The van der Waals surface area contributed by atoms with Gasteiger partial charge in [-0.2, -0.15) is 18.2 Å². The van der Waals surface area contributed by atoms with Gasteiger partial charge < -0.3 is 13.9 Å². The van der Waals surface area contributed by atoms with Crippen molar-refractivity contribution in [2.24, 2.45) is 5.92 Å². The second-order valence-electron chi connectivity index (χ2n) is 14.5. The number of para-hydroxylation sites is 3. The molecule has 5 nitrogen and oxygen atoms in total. The number of imidazole rings is 1. The van der Waals surface area contributed by atoms with Crippen molar-refractivity contribution in [1.82, 2.24) is 14.1 Å². The van der Waals surface area contributed by atoms with Crippen molar-refractivity contribution < 1.29 is 44.1 Å². The minimum absolute atomic E-state index is 0. The van der Waals surface area contributed by atoms with Crippen LogP contribution in [-0.2, 0) is 27.5 Å². The van der Waals surface area contributed by atoms with E-state index in [1.54, 1.807) is 33.4 Å². The van der Waals surface area contributed by atoms with E-state index in [4.69, 9.17) is 23.4 Å². The number of hydrogen-bond donors (Lipinski definition) is 0. The van der Waals surface area contributed by atoms with E-state index in [0.29, 0.717) is 34.1 Å². The second-order valence-corrected chi connectivity index (χ2v) is 14.5. The summed E-state index contributed by atoms with van der Waals surface area (Å²) in [6.07, 6.45) is 6.19. The SMILES string of the molecule is [2H]c1c([2H])c([2H])c(-c2cccc(-c3c([2H])c([2H])c([2H])c([2H])c3[2H])c2-[n+]2[c-]n(-c3[c-]c(Oc4[c-]c5c(cc4)c4ccccc4n5-c4cc(CC(C)C)ccn4)ccc3)c3cccc(C)c32)c([2H])c1[2H].[Pt]. The third-order valence-corrected chi connectivity index (χ3v) is 10.1. The molecule has 0 atom stereocenters. The van der Waals surface area contributed by atoms with Gasteiger partial charge >= 0.3 is 0 Å². The summed E-state index contributed by atoms with van der Waals surface area (Å²) in [7, 11) is 0. The molecule has 59 heavy (non-hydrogen) atoms. The zero-order chi connectivity index (χ0) is 47.9. The molecule has 3 heterocycles. The predicted octanol–water partition coefficient (Wildman–Crippen LogP) is 12.4. The van der Waals surface area contributed by atoms with Gasteiger partial charge in [0.25, 0.3) is 6.33 Å². The molecule has 0 unspecified atom stereocenters. The average Bonchev–Trinajstić information content (AvgIpc) is 3.88. The van der Waals surface area contributed by atoms with Crippen LogP contribution in [0.4, 0.5) is 0 Å². The van der Waals surface area contributed by atoms with Crippen LogP contribution in [0.2, 0.25) is 0 Å². The Balaban J connectivity index is 0.00000593. The van der Waals surface area contributed by atoms with E-state index < -0.39 is 60.4 Å². The summed E-state index contributed by atoms with van der Waals surface area (Å²) in [5, 5.41) is 2.04. The van der Waals surface area contributed by atoms with Gasteiger partial charge in [0.15, 0.2) is 0 Å². The molecule has 0 aliphatic rings. The van der Waals surface area contributed by atoms with Crippen molar-refractivity contribution in [3.05, 3.63) is 199 Å². The number of rotatable bonds is 9. The van der Waals surface area contributed by atoms with Crippen LogP contribution >= 0.6 is 0 Å². The molecule has 0 aliphatic carbocycles. The molecule has 7 aromatic carbocycles. The van der Waals surface area contributed by atoms with E-state index in [1.165, 1.54) is 5.56 Å². The van der Waals surface area contributed by atoms with Crippen LogP contribution in [0.25, 0.3) is 72.3 Å². The number of aromatic nitrogens is 4. The second kappa shape index (κ2) is 16.0. The maximum Gasteiger partial charge on any atom is 0.268 e. The minimum atomic E-state index is -0.569. The molecule has 290 valence electrons. The topological polar surface area (TPSA) is 35.9 Å². The molecule has 0 amide bonds. The van der Waals surface area contributed by atoms with Gasteiger partial charge in [-0.3, -0.25) is 4.57 Å². The summed E-state index contributed by atoms with van der Waals surface area (Å²) in [5.74, 6) is 2.06. The molecule has 0 bridgehead atoms. The minimum Gasteiger partial charge on any atom is -0.510 e. The Hall–Kier alpha value is -6.55. The maximum atomic E-state index is 9.03. The van der Waals surface area contributed by atoms with Crippen LogP contribution < -0.4 is 9.30 Å². The summed E-state index contributed by atoms with van der Waals surface area (Å²) in [4.78, 5) is 4.79. The summed E-state index contributed by atoms with van der Waals surface area (Å²) in [5.41, 5.74) is 5.65. The Kier molecular flexibility index (Phi) is 7.59. The van der Waals surface area contributed by atoms with Gasteiger partial charge in [-0.05, 0) is 81.9 Å². The van der Waals surface area contributed by atoms with Crippen molar-refractivity contribution in [2.75, 3.05) is 0 Å². The third kappa shape index (κ3) is 7.06. The van der Waals surface area contributed by atoms with Gasteiger partial charge in [0.2, 0.25) is 0 Å². The molecule has 3 aromatic heterocycles. The van der Waals surface area contributed by atoms with E-state index in [1.807, 2.05) is 73.8 Å². The van der Waals surface area contributed by atoms with Crippen molar-refractivity contribution in [3.63, 3.8) is 0 Å². The Morgan fingerprint density at radius 2 is 1.39 bits per heavy atom. The summed E-state index contributed by atoms with van der Waals surface area (Å²) < 4.78 is 99.1. The maximum absolute atomic E-state index is 9.03. The fourth-order valence-electron chi connectivity index (χ4n) is 7.72. The first-order chi connectivity index (χ1) is 32.6. The molecule has 0 N–H and O–H groups in total. The molecule has 0 spiro atoms. The predicted molar refractivity (Wildman–Crippen MR) is 234 cm³/mol. The zero-order valence-corrected chi connectivity index (χ0v) is 34.5. The largest absolute Gasteiger partial charge is 0.510 e. The van der Waals surface area contributed by atoms with Crippen molar-refractivity contribution in [2.45, 2.75) is 27.2 Å². The van der Waals surface area contributed by atoms with E-state index in [-0.39, 0.29) is 49.0 Å². The first-order valence-corrected chi connectivity index (χ1v) is 19.0. The fraction of sp³-hybridized carbons (Fsp3) is 0.0943. The molecule has 0 aliphatic heterocycles. The van der Waals surface area contributed by atoms with E-state index in [0.717, 1.165) is 39.6 Å². The molecular formula is C53H40N4OPt-2. The van der Waals surface area contributed by atoms with Gasteiger partial charge in [-0.25, -0.2) is 4.98 Å². The van der Waals surface area contributed by atoms with Crippen molar-refractivity contribution in [1.29, 1.82) is 0 Å². The summed E-state index contributed by atoms with van der Waals surface area (Å²) >= 11 is 0. The smallest absolute Gasteiger partial charge is 0.268 e. The molecule has 0 radical (unpaired) electrons. The quantitative estimate of drug-likeness (QED) is 0.107. The fourth-order valence-corrected chi connectivity index (χ4v) is 7.72. The van der Waals surface area contributed by atoms with Crippen molar-refractivity contribution >= 4 is 32.8 Å². The number of benzene rings is 7. The molecule has 10 aromatic rings. The van der Waals surface area contributed by atoms with Crippen molar-refractivity contribution in [3.8, 4) is 50.9 Å². The number of ether oxygens (including phenoxy) is 1. The number of aryl methyl sites for hydroxylation is 1. The summed E-state index contributed by atoms with van der Waals surface area (Å²) in [6.45, 7) is 6.27. The Morgan fingerprint density at radius 1 is 0.712 bits per heavy atom. The van der Waals surface area contributed by atoms with Gasteiger partial charge in [0.05, 0.1) is 30.4 Å². The van der Waals surface area contributed by atoms with Crippen LogP contribution in [0.1, 0.15) is 38.7 Å². The Bertz CT molecular complexity index is 3570. The first kappa shape index (κ1) is 28.0. The van der Waals surface area contributed by atoms with Crippen LogP contribution in [0.5, 0.6) is 11.5 Å². The first-order valence-electron chi connectivity index (χ1n) is 24.0. The van der Waals surface area contributed by atoms with E-state index in [9.17, 15) is 0 Å². The molecular weight excluding hydrogens is 904 g/mol. The Labute approximate surface area is 373 Å². The number of pyridine rings is 1. The number of hydrogen-bond acceptors (Lipinski definition) is 2. The van der Waals surface area contributed by atoms with Crippen LogP contribution in [0, 0.1) is 31.3 Å². The third-order valence-electron chi connectivity index (χ3n) is 10.1. The van der Waals surface area contributed by atoms with Crippen LogP contribution in [-0.4, -0.2) is 14.1 Å². The average molecular weight is 954 g/mol. The number of nitrogens with zero attached hydrogens (tertiary/aromatic N) is 4. The van der Waals surface area contributed by atoms with E-state index >= 15 is 0 Å². The normalized spacial score (nSPS) is 13.8. The van der Waals surface area contributed by atoms with Gasteiger partial charge in [0, 0.05) is 44.3 Å². The van der Waals surface area contributed by atoms with Gasteiger partial charge in [-0.15, -0.1) is 29.7 Å². The molecule has 0 fully saturated rings.